The summed E-state index contributed by atoms with van der Waals surface area (Å²) in [5, 5.41) is 4.06. The highest BCUT2D eigenvalue weighted by atomic mass is 15.0. The number of hydrogen-bond acceptors (Lipinski definition) is 1. The molecule has 106 valence electrons. The van der Waals surface area contributed by atoms with Crippen LogP contribution in [0.1, 0.15) is 78.6 Å². The van der Waals surface area contributed by atoms with Crippen molar-refractivity contribution < 1.29 is 0 Å². The van der Waals surface area contributed by atoms with Crippen molar-refractivity contribution in [2.75, 3.05) is 0 Å². The second-order valence-corrected chi connectivity index (χ2v) is 7.29. The molecule has 0 amide bonds. The molecule has 0 aromatic carbocycles. The quantitative estimate of drug-likeness (QED) is 0.713. The van der Waals surface area contributed by atoms with Gasteiger partial charge < -0.3 is 5.32 Å². The molecule has 0 aromatic rings. The second-order valence-electron chi connectivity index (χ2n) is 7.29. The van der Waals surface area contributed by atoms with E-state index >= 15 is 0 Å². The molecule has 2 saturated carbocycles. The van der Waals surface area contributed by atoms with Crippen molar-refractivity contribution >= 4 is 0 Å². The lowest BCUT2D eigenvalue weighted by atomic mass is 9.73. The summed E-state index contributed by atoms with van der Waals surface area (Å²) in [5.74, 6) is 2.70. The fourth-order valence-electron chi connectivity index (χ4n) is 4.14. The maximum absolute atomic E-state index is 4.06. The van der Waals surface area contributed by atoms with Gasteiger partial charge in [0.2, 0.25) is 0 Å². The minimum atomic E-state index is 0.803. The average molecular weight is 251 g/mol. The molecule has 1 nitrogen and oxygen atoms in total. The Labute approximate surface area is 114 Å². The van der Waals surface area contributed by atoms with Gasteiger partial charge in [0.15, 0.2) is 0 Å². The fraction of sp³-hybridized carbons (Fsp3) is 1.00. The Morgan fingerprint density at radius 1 is 0.889 bits per heavy atom. The molecule has 1 heteroatoms. The molecular formula is C17H33N. The predicted molar refractivity (Wildman–Crippen MR) is 79.8 cm³/mol. The van der Waals surface area contributed by atoms with Crippen LogP contribution in [0.25, 0.3) is 0 Å². The van der Waals surface area contributed by atoms with Crippen LogP contribution in [0, 0.1) is 17.8 Å². The third-order valence-electron chi connectivity index (χ3n) is 5.33. The summed E-state index contributed by atoms with van der Waals surface area (Å²) in [7, 11) is 0. The number of hydrogen-bond donors (Lipinski definition) is 1. The van der Waals surface area contributed by atoms with Crippen LogP contribution in [0.3, 0.4) is 0 Å². The summed E-state index contributed by atoms with van der Waals surface area (Å²) in [5.41, 5.74) is 0. The summed E-state index contributed by atoms with van der Waals surface area (Å²) in [6.45, 7) is 7.28. The largest absolute Gasteiger partial charge is 0.311 e. The predicted octanol–water partition coefficient (Wildman–Crippen LogP) is 4.76. The first kappa shape index (κ1) is 14.4. The Morgan fingerprint density at radius 2 is 1.56 bits per heavy atom. The van der Waals surface area contributed by atoms with Crippen molar-refractivity contribution in [2.45, 2.75) is 90.6 Å². The van der Waals surface area contributed by atoms with Crippen molar-refractivity contribution in [3.63, 3.8) is 0 Å². The van der Waals surface area contributed by atoms with E-state index in [4.69, 9.17) is 0 Å². The van der Waals surface area contributed by atoms with Gasteiger partial charge in [-0.2, -0.15) is 0 Å². The SMILES string of the molecule is CC1CCC(C(C)C)C(NC2CCCCCC2)C1. The Balaban J connectivity index is 1.90. The van der Waals surface area contributed by atoms with Crippen LogP contribution in [0.4, 0.5) is 0 Å². The molecule has 0 heterocycles. The molecule has 0 bridgehead atoms. The highest BCUT2D eigenvalue weighted by Gasteiger charge is 2.31. The van der Waals surface area contributed by atoms with Crippen molar-refractivity contribution in [2.24, 2.45) is 17.8 Å². The maximum Gasteiger partial charge on any atom is 0.0103 e. The van der Waals surface area contributed by atoms with E-state index < -0.39 is 0 Å². The minimum absolute atomic E-state index is 0.803. The van der Waals surface area contributed by atoms with Crippen LogP contribution in [0.15, 0.2) is 0 Å². The third-order valence-corrected chi connectivity index (χ3v) is 5.33. The van der Waals surface area contributed by atoms with Gasteiger partial charge in [-0.1, -0.05) is 52.9 Å². The van der Waals surface area contributed by atoms with Crippen LogP contribution < -0.4 is 5.32 Å². The Kier molecular flexibility index (Phi) is 5.54. The highest BCUT2D eigenvalue weighted by molar-refractivity contribution is 4.88. The zero-order chi connectivity index (χ0) is 13.0. The van der Waals surface area contributed by atoms with E-state index in [1.54, 1.807) is 0 Å². The van der Waals surface area contributed by atoms with Gasteiger partial charge >= 0.3 is 0 Å². The summed E-state index contributed by atoms with van der Waals surface area (Å²) in [4.78, 5) is 0. The van der Waals surface area contributed by atoms with E-state index in [9.17, 15) is 0 Å². The lowest BCUT2D eigenvalue weighted by Crippen LogP contribution is -2.47. The van der Waals surface area contributed by atoms with Gasteiger partial charge in [-0.3, -0.25) is 0 Å². The molecule has 2 fully saturated rings. The van der Waals surface area contributed by atoms with Gasteiger partial charge in [0.05, 0.1) is 0 Å². The number of nitrogens with one attached hydrogen (secondary N) is 1. The zero-order valence-electron chi connectivity index (χ0n) is 12.8. The molecular weight excluding hydrogens is 218 g/mol. The molecule has 3 unspecified atom stereocenters. The second kappa shape index (κ2) is 6.93. The molecule has 0 aliphatic heterocycles. The van der Waals surface area contributed by atoms with Crippen molar-refractivity contribution in [3.05, 3.63) is 0 Å². The van der Waals surface area contributed by atoms with E-state index in [1.165, 1.54) is 57.8 Å². The van der Waals surface area contributed by atoms with Crippen molar-refractivity contribution in [1.29, 1.82) is 0 Å². The van der Waals surface area contributed by atoms with Crippen LogP contribution in [0.5, 0.6) is 0 Å². The molecule has 0 spiro atoms. The van der Waals surface area contributed by atoms with Crippen molar-refractivity contribution in [3.8, 4) is 0 Å². The van der Waals surface area contributed by atoms with Crippen LogP contribution in [0.2, 0.25) is 0 Å². The summed E-state index contributed by atoms with van der Waals surface area (Å²) in [6, 6.07) is 1.63. The molecule has 0 radical (unpaired) electrons. The standard InChI is InChI=1S/C17H33N/c1-13(2)16-11-10-14(3)12-17(16)18-15-8-6-4-5-7-9-15/h13-18H,4-12H2,1-3H3. The molecule has 0 saturated heterocycles. The third kappa shape index (κ3) is 3.98. The zero-order valence-corrected chi connectivity index (χ0v) is 12.8. The first-order valence-electron chi connectivity index (χ1n) is 8.43. The first-order chi connectivity index (χ1) is 8.66. The number of rotatable bonds is 3. The molecule has 3 atom stereocenters. The summed E-state index contributed by atoms with van der Waals surface area (Å²) in [6.07, 6.45) is 13.0. The average Bonchev–Trinajstić information content (AvgIpc) is 2.57. The Bertz CT molecular complexity index is 228. The van der Waals surface area contributed by atoms with Gasteiger partial charge in [-0.05, 0) is 43.4 Å². The van der Waals surface area contributed by atoms with Gasteiger partial charge in [0, 0.05) is 12.1 Å². The van der Waals surface area contributed by atoms with Crippen LogP contribution in [-0.2, 0) is 0 Å². The molecule has 1 N–H and O–H groups in total. The molecule has 18 heavy (non-hydrogen) atoms. The normalized spacial score (nSPS) is 35.7. The van der Waals surface area contributed by atoms with E-state index in [1.807, 2.05) is 0 Å². The van der Waals surface area contributed by atoms with E-state index in [0.717, 1.165) is 29.8 Å². The first-order valence-corrected chi connectivity index (χ1v) is 8.43. The lowest BCUT2D eigenvalue weighted by molar-refractivity contribution is 0.155. The van der Waals surface area contributed by atoms with Gasteiger partial charge in [-0.15, -0.1) is 0 Å². The summed E-state index contributed by atoms with van der Waals surface area (Å²) < 4.78 is 0. The van der Waals surface area contributed by atoms with Gasteiger partial charge in [0.25, 0.3) is 0 Å². The van der Waals surface area contributed by atoms with Gasteiger partial charge in [-0.25, -0.2) is 0 Å². The topological polar surface area (TPSA) is 12.0 Å². The van der Waals surface area contributed by atoms with E-state index in [-0.39, 0.29) is 0 Å². The van der Waals surface area contributed by atoms with Gasteiger partial charge in [0.1, 0.15) is 0 Å². The highest BCUT2D eigenvalue weighted by Crippen LogP contribution is 2.34. The Morgan fingerprint density at radius 3 is 2.17 bits per heavy atom. The molecule has 2 rings (SSSR count). The van der Waals surface area contributed by atoms with Crippen molar-refractivity contribution in [1.82, 2.24) is 5.32 Å². The summed E-state index contributed by atoms with van der Waals surface area (Å²) >= 11 is 0. The van der Waals surface area contributed by atoms with E-state index in [0.29, 0.717) is 0 Å². The molecule has 2 aliphatic rings. The van der Waals surface area contributed by atoms with Crippen LogP contribution in [-0.4, -0.2) is 12.1 Å². The fourth-order valence-corrected chi connectivity index (χ4v) is 4.14. The Hall–Kier alpha value is -0.0400. The lowest BCUT2D eigenvalue weighted by Gasteiger charge is -2.40. The molecule has 2 aliphatic carbocycles. The minimum Gasteiger partial charge on any atom is -0.311 e. The van der Waals surface area contributed by atoms with Crippen LogP contribution >= 0.6 is 0 Å². The van der Waals surface area contributed by atoms with E-state index in [2.05, 4.69) is 26.1 Å². The monoisotopic (exact) mass is 251 g/mol. The maximum atomic E-state index is 4.06. The molecule has 0 aromatic heterocycles. The smallest absolute Gasteiger partial charge is 0.0103 e.